The van der Waals surface area contributed by atoms with Gasteiger partial charge in [0, 0.05) is 44.3 Å². The van der Waals surface area contributed by atoms with E-state index in [1.54, 1.807) is 31.4 Å². The predicted octanol–water partition coefficient (Wildman–Crippen LogP) is 4.02. The second kappa shape index (κ2) is 7.96. The first-order chi connectivity index (χ1) is 17.4. The molecule has 2 bridgehead atoms. The van der Waals surface area contributed by atoms with Crippen molar-refractivity contribution in [3.05, 3.63) is 57.2 Å². The Kier molecular flexibility index (Phi) is 5.22. The van der Waals surface area contributed by atoms with E-state index in [1.165, 1.54) is 10.7 Å². The van der Waals surface area contributed by atoms with E-state index in [4.69, 9.17) is 14.7 Å². The molecule has 2 atom stereocenters. The van der Waals surface area contributed by atoms with Gasteiger partial charge in [0.25, 0.3) is 5.56 Å². The highest BCUT2D eigenvalue weighted by Gasteiger charge is 2.79. The first-order valence-electron chi connectivity index (χ1n) is 12.5. The van der Waals surface area contributed by atoms with Crippen molar-refractivity contribution < 1.29 is 17.9 Å². The van der Waals surface area contributed by atoms with E-state index >= 15 is 0 Å². The number of fused-ring (bicyclic) bond motifs is 1. The highest BCUT2D eigenvalue weighted by Crippen LogP contribution is 2.78. The van der Waals surface area contributed by atoms with Crippen LogP contribution in [0.2, 0.25) is 0 Å². The summed E-state index contributed by atoms with van der Waals surface area (Å²) < 4.78 is 48.4. The van der Waals surface area contributed by atoms with Crippen molar-refractivity contribution in [3.8, 4) is 0 Å². The Bertz CT molecular complexity index is 1450. The zero-order valence-corrected chi connectivity index (χ0v) is 21.3. The van der Waals surface area contributed by atoms with Crippen molar-refractivity contribution in [2.45, 2.75) is 69.6 Å². The number of pyridine rings is 1. The quantitative estimate of drug-likeness (QED) is 0.520. The van der Waals surface area contributed by atoms with Gasteiger partial charge in [0.2, 0.25) is 0 Å². The van der Waals surface area contributed by atoms with Crippen molar-refractivity contribution in [1.82, 2.24) is 24.6 Å². The summed E-state index contributed by atoms with van der Waals surface area (Å²) in [5.41, 5.74) is 1.57. The van der Waals surface area contributed by atoms with E-state index in [-0.39, 0.29) is 36.8 Å². The van der Waals surface area contributed by atoms with Crippen LogP contribution in [0.3, 0.4) is 0 Å². The summed E-state index contributed by atoms with van der Waals surface area (Å²) in [6, 6.07) is 3.30. The molecule has 3 aliphatic carbocycles. The van der Waals surface area contributed by atoms with E-state index < -0.39 is 17.0 Å². The molecule has 4 fully saturated rings. The molecular formula is C26H29F3N6O2. The van der Waals surface area contributed by atoms with Gasteiger partial charge in [-0.1, -0.05) is 0 Å². The third-order valence-corrected chi connectivity index (χ3v) is 8.46. The molecule has 0 spiro atoms. The molecule has 0 aromatic carbocycles. The number of nitrogens with zero attached hydrogens (tertiary/aromatic N) is 6. The van der Waals surface area contributed by atoms with Gasteiger partial charge < -0.3 is 9.75 Å². The van der Waals surface area contributed by atoms with Crippen molar-refractivity contribution in [1.29, 1.82) is 0 Å². The maximum atomic E-state index is 13.6. The van der Waals surface area contributed by atoms with Gasteiger partial charge in [-0.15, -0.1) is 0 Å². The topological polar surface area (TPSA) is 86.0 Å². The lowest BCUT2D eigenvalue weighted by Crippen LogP contribution is -2.70. The molecule has 0 unspecified atom stereocenters. The molecule has 196 valence electrons. The predicted molar refractivity (Wildman–Crippen MR) is 130 cm³/mol. The Morgan fingerprint density at radius 1 is 1.05 bits per heavy atom. The number of halogens is 3. The fourth-order valence-corrected chi connectivity index (χ4v) is 6.28. The van der Waals surface area contributed by atoms with E-state index in [0.717, 1.165) is 17.0 Å². The minimum absolute atomic E-state index is 0.0478. The number of aryl methyl sites for hydroxylation is 2. The van der Waals surface area contributed by atoms with Crippen molar-refractivity contribution in [3.63, 3.8) is 0 Å². The van der Waals surface area contributed by atoms with Gasteiger partial charge >= 0.3 is 6.18 Å². The Morgan fingerprint density at radius 2 is 1.76 bits per heavy atom. The zero-order chi connectivity index (χ0) is 26.3. The molecule has 3 aromatic heterocycles. The minimum atomic E-state index is -4.20. The number of hydrogen-bond acceptors (Lipinski definition) is 7. The zero-order valence-electron chi connectivity index (χ0n) is 21.3. The van der Waals surface area contributed by atoms with Crippen molar-refractivity contribution >= 4 is 11.2 Å². The third kappa shape index (κ3) is 3.65. The van der Waals surface area contributed by atoms with Crippen LogP contribution in [0, 0.1) is 19.3 Å². The van der Waals surface area contributed by atoms with Gasteiger partial charge in [0.15, 0.2) is 5.65 Å². The van der Waals surface area contributed by atoms with E-state index in [2.05, 4.69) is 9.97 Å². The lowest BCUT2D eigenvalue weighted by molar-refractivity contribution is -0.337. The summed E-state index contributed by atoms with van der Waals surface area (Å²) in [7, 11) is 3.58. The van der Waals surface area contributed by atoms with Crippen LogP contribution in [-0.2, 0) is 10.2 Å². The van der Waals surface area contributed by atoms with Crippen LogP contribution < -0.4 is 10.6 Å². The molecule has 8 nitrogen and oxygen atoms in total. The van der Waals surface area contributed by atoms with E-state index in [9.17, 15) is 18.0 Å². The first kappa shape index (κ1) is 24.3. The SMILES string of the molecule is Cc1nc2nc([C@H]3CCO[C@@H](c4ccc(=O)n(N(C)C)c4)C3)nc(C34CC(C(F)(F)F)(C3)C4)c2nc1C. The summed E-state index contributed by atoms with van der Waals surface area (Å²) >= 11 is 0. The molecule has 7 rings (SSSR count). The average Bonchev–Trinajstić information content (AvgIpc) is 2.77. The molecule has 11 heteroatoms. The maximum Gasteiger partial charge on any atom is 0.394 e. The van der Waals surface area contributed by atoms with Gasteiger partial charge in [-0.25, -0.2) is 24.6 Å². The highest BCUT2D eigenvalue weighted by atomic mass is 19.4. The lowest BCUT2D eigenvalue weighted by Gasteiger charge is -2.70. The molecule has 0 N–H and O–H groups in total. The van der Waals surface area contributed by atoms with Crippen LogP contribution in [0.25, 0.3) is 11.2 Å². The fraction of sp³-hybridized carbons (Fsp3) is 0.577. The molecule has 4 heterocycles. The molecule has 4 aliphatic rings. The molecular weight excluding hydrogens is 485 g/mol. The van der Waals surface area contributed by atoms with Crippen LogP contribution in [0.15, 0.2) is 23.1 Å². The number of aromatic nitrogens is 5. The Hall–Kier alpha value is -3.08. The lowest BCUT2D eigenvalue weighted by atomic mass is 9.34. The van der Waals surface area contributed by atoms with Gasteiger partial charge in [-0.05, 0) is 57.6 Å². The summed E-state index contributed by atoms with van der Waals surface area (Å²) in [5.74, 6) is 0.522. The molecule has 1 aliphatic heterocycles. The monoisotopic (exact) mass is 514 g/mol. The average molecular weight is 515 g/mol. The second-order valence-corrected chi connectivity index (χ2v) is 11.2. The number of ether oxygens (including phenoxy) is 1. The summed E-state index contributed by atoms with van der Waals surface area (Å²) in [4.78, 5) is 31.2. The van der Waals surface area contributed by atoms with Crippen LogP contribution in [0.5, 0.6) is 0 Å². The van der Waals surface area contributed by atoms with Crippen LogP contribution in [0.1, 0.15) is 72.6 Å². The van der Waals surface area contributed by atoms with E-state index in [1.807, 2.05) is 13.8 Å². The van der Waals surface area contributed by atoms with Crippen LogP contribution in [0.4, 0.5) is 13.2 Å². The van der Waals surface area contributed by atoms with Gasteiger partial charge in [-0.2, -0.15) is 13.2 Å². The normalized spacial score (nSPS) is 29.1. The van der Waals surface area contributed by atoms with Crippen LogP contribution >= 0.6 is 0 Å². The standard InChI is InChI=1S/C26H29F3N6O2/c1-14-15(2)31-23-20(30-14)21(24-11-25(12-24,13-24)26(27,28)29)32-22(33-23)16-7-8-37-18(9-16)17-5-6-19(36)35(10-17)34(3)4/h5-6,10,16,18H,7-9,11-13H2,1-4H3/t16-,18+,24?,25?/m0/s1. The molecule has 37 heavy (non-hydrogen) atoms. The largest absolute Gasteiger partial charge is 0.394 e. The van der Waals surface area contributed by atoms with Crippen LogP contribution in [-0.4, -0.2) is 51.5 Å². The highest BCUT2D eigenvalue weighted by molar-refractivity contribution is 5.75. The van der Waals surface area contributed by atoms with Crippen molar-refractivity contribution in [2.24, 2.45) is 5.41 Å². The van der Waals surface area contributed by atoms with E-state index in [0.29, 0.717) is 42.1 Å². The molecule has 3 aromatic rings. The summed E-state index contributed by atoms with van der Waals surface area (Å²) in [5, 5.41) is 1.70. The Morgan fingerprint density at radius 3 is 2.43 bits per heavy atom. The van der Waals surface area contributed by atoms with Gasteiger partial charge in [-0.3, -0.25) is 4.79 Å². The molecule has 1 saturated heterocycles. The molecule has 0 amide bonds. The summed E-state index contributed by atoms with van der Waals surface area (Å²) in [6.07, 6.45) is -1.26. The van der Waals surface area contributed by atoms with Gasteiger partial charge in [0.1, 0.15) is 11.3 Å². The third-order valence-electron chi connectivity index (χ3n) is 8.46. The number of alkyl halides is 3. The van der Waals surface area contributed by atoms with Gasteiger partial charge in [0.05, 0.1) is 28.6 Å². The Labute approximate surface area is 211 Å². The maximum absolute atomic E-state index is 13.6. The second-order valence-electron chi connectivity index (χ2n) is 11.2. The molecule has 0 radical (unpaired) electrons. The summed E-state index contributed by atoms with van der Waals surface area (Å²) in [6.45, 7) is 4.18. The Balaban J connectivity index is 1.37. The fourth-order valence-electron chi connectivity index (χ4n) is 6.28. The number of hydrogen-bond donors (Lipinski definition) is 0. The first-order valence-corrected chi connectivity index (χ1v) is 12.5. The smallest absolute Gasteiger partial charge is 0.373 e. The number of rotatable bonds is 4. The minimum Gasteiger partial charge on any atom is -0.373 e. The molecule has 3 saturated carbocycles. The van der Waals surface area contributed by atoms with Crippen molar-refractivity contribution in [2.75, 3.05) is 25.7 Å².